The number of benzene rings is 1. The predicted molar refractivity (Wildman–Crippen MR) is 60.8 cm³/mol. The lowest BCUT2D eigenvalue weighted by Crippen LogP contribution is -2.30. The van der Waals surface area contributed by atoms with E-state index in [1.807, 2.05) is 19.1 Å². The lowest BCUT2D eigenvalue weighted by atomic mass is 9.78. The lowest BCUT2D eigenvalue weighted by molar-refractivity contribution is 0.426. The Balaban J connectivity index is 2.77. The van der Waals surface area contributed by atoms with Crippen LogP contribution in [-0.2, 0) is 0 Å². The molecular weight excluding hydrogens is 197 g/mol. The second-order valence-corrected chi connectivity index (χ2v) is 4.46. The molecule has 14 heavy (non-hydrogen) atoms. The molecule has 1 aromatic heterocycles. The number of fused-ring (bicyclic) bond motifs is 1. The van der Waals surface area contributed by atoms with Crippen LogP contribution in [0.2, 0.25) is 0 Å². The summed E-state index contributed by atoms with van der Waals surface area (Å²) < 4.78 is 0.991. The van der Waals surface area contributed by atoms with E-state index in [2.05, 4.69) is 0 Å². The maximum atomic E-state index is 9.19. The Bertz CT molecular complexity index is 481. The summed E-state index contributed by atoms with van der Waals surface area (Å²) in [5.41, 5.74) is 6.92. The molecule has 0 atom stereocenters. The molecule has 0 amide bonds. The van der Waals surface area contributed by atoms with Gasteiger partial charge < -0.3 is 15.8 Å². The maximum absolute atomic E-state index is 9.19. The average Bonchev–Trinajstić information content (AvgIpc) is 2.39. The van der Waals surface area contributed by atoms with Crippen molar-refractivity contribution >= 4 is 39.7 Å². The third-order valence-electron chi connectivity index (χ3n) is 2.20. The predicted octanol–water partition coefficient (Wildman–Crippen LogP) is 0.472. The van der Waals surface area contributed by atoms with Crippen LogP contribution in [0.15, 0.2) is 18.2 Å². The van der Waals surface area contributed by atoms with E-state index in [1.165, 1.54) is 11.3 Å². The largest absolute Gasteiger partial charge is 0.490 e. The first-order valence-corrected chi connectivity index (χ1v) is 5.06. The van der Waals surface area contributed by atoms with E-state index >= 15 is 0 Å². The number of nitrogens with two attached hydrogens (primary N) is 1. The molecule has 3 nitrogen and oxygen atoms in total. The fourth-order valence-electron chi connectivity index (χ4n) is 1.58. The van der Waals surface area contributed by atoms with Crippen molar-refractivity contribution in [2.45, 2.75) is 6.92 Å². The highest BCUT2D eigenvalue weighted by atomic mass is 32.1. The molecule has 1 aromatic carbocycles. The molecule has 0 fully saturated rings. The van der Waals surface area contributed by atoms with Crippen molar-refractivity contribution in [3.05, 3.63) is 23.1 Å². The maximum Gasteiger partial charge on any atom is 0.490 e. The molecule has 0 bridgehead atoms. The third-order valence-corrected chi connectivity index (χ3v) is 3.28. The molecular formula is C9H10BNO2S. The average molecular weight is 207 g/mol. The van der Waals surface area contributed by atoms with Crippen molar-refractivity contribution in [1.82, 2.24) is 0 Å². The van der Waals surface area contributed by atoms with Crippen molar-refractivity contribution in [3.8, 4) is 0 Å². The third kappa shape index (κ3) is 1.39. The van der Waals surface area contributed by atoms with Gasteiger partial charge in [0.05, 0.1) is 0 Å². The summed E-state index contributed by atoms with van der Waals surface area (Å²) in [5.74, 6) is 0. The van der Waals surface area contributed by atoms with E-state index in [9.17, 15) is 10.0 Å². The topological polar surface area (TPSA) is 66.5 Å². The van der Waals surface area contributed by atoms with Gasteiger partial charge in [0.15, 0.2) is 0 Å². The normalized spacial score (nSPS) is 10.8. The molecule has 0 unspecified atom stereocenters. The van der Waals surface area contributed by atoms with Crippen LogP contribution in [0.1, 0.15) is 4.88 Å². The SMILES string of the molecule is Cc1sc2cc(N)ccc2c1B(O)O. The molecule has 0 saturated heterocycles. The van der Waals surface area contributed by atoms with Gasteiger partial charge in [0.2, 0.25) is 0 Å². The van der Waals surface area contributed by atoms with Crippen LogP contribution in [-0.4, -0.2) is 17.2 Å². The van der Waals surface area contributed by atoms with Crippen molar-refractivity contribution in [2.24, 2.45) is 0 Å². The van der Waals surface area contributed by atoms with E-state index < -0.39 is 7.12 Å². The summed E-state index contributed by atoms with van der Waals surface area (Å²) in [6.45, 7) is 1.87. The van der Waals surface area contributed by atoms with Gasteiger partial charge in [-0.1, -0.05) is 6.07 Å². The van der Waals surface area contributed by atoms with E-state index in [4.69, 9.17) is 5.73 Å². The van der Waals surface area contributed by atoms with Crippen molar-refractivity contribution in [1.29, 1.82) is 0 Å². The van der Waals surface area contributed by atoms with Gasteiger partial charge in [-0.05, 0) is 24.4 Å². The second kappa shape index (κ2) is 3.27. The van der Waals surface area contributed by atoms with E-state index in [-0.39, 0.29) is 0 Å². The molecule has 4 N–H and O–H groups in total. The van der Waals surface area contributed by atoms with Crippen molar-refractivity contribution in [2.75, 3.05) is 5.73 Å². The minimum atomic E-state index is -1.41. The summed E-state index contributed by atoms with van der Waals surface area (Å²) in [5, 5.41) is 19.3. The fourth-order valence-corrected chi connectivity index (χ4v) is 2.71. The number of anilines is 1. The van der Waals surface area contributed by atoms with Crippen LogP contribution in [0.5, 0.6) is 0 Å². The first kappa shape index (κ1) is 9.52. The van der Waals surface area contributed by atoms with Gasteiger partial charge in [-0.25, -0.2) is 0 Å². The number of hydrogen-bond acceptors (Lipinski definition) is 4. The molecule has 0 spiro atoms. The highest BCUT2D eigenvalue weighted by Gasteiger charge is 2.19. The molecule has 0 radical (unpaired) electrons. The minimum absolute atomic E-state index is 0.588. The van der Waals surface area contributed by atoms with Crippen molar-refractivity contribution in [3.63, 3.8) is 0 Å². The van der Waals surface area contributed by atoms with Crippen molar-refractivity contribution < 1.29 is 10.0 Å². The summed E-state index contributed by atoms with van der Waals surface area (Å²) in [7, 11) is -1.41. The second-order valence-electron chi connectivity index (χ2n) is 3.20. The van der Waals surface area contributed by atoms with Crippen LogP contribution in [0.4, 0.5) is 5.69 Å². The summed E-state index contributed by atoms with van der Waals surface area (Å²) in [6, 6.07) is 5.43. The Kier molecular flexibility index (Phi) is 2.22. The molecule has 0 aliphatic heterocycles. The smallest absolute Gasteiger partial charge is 0.423 e. The van der Waals surface area contributed by atoms with Crippen LogP contribution < -0.4 is 11.2 Å². The van der Waals surface area contributed by atoms with Gasteiger partial charge in [-0.15, -0.1) is 11.3 Å². The van der Waals surface area contributed by atoms with Crippen LogP contribution in [0, 0.1) is 6.92 Å². The van der Waals surface area contributed by atoms with E-state index in [0.717, 1.165) is 15.0 Å². The van der Waals surface area contributed by atoms with Crippen LogP contribution >= 0.6 is 11.3 Å². The summed E-state index contributed by atoms with van der Waals surface area (Å²) in [4.78, 5) is 0.917. The Labute approximate surface area is 85.9 Å². The van der Waals surface area contributed by atoms with Gasteiger partial charge in [-0.3, -0.25) is 0 Å². The number of thiophene rings is 1. The first-order chi connectivity index (χ1) is 6.59. The van der Waals surface area contributed by atoms with Crippen LogP contribution in [0.3, 0.4) is 0 Å². The minimum Gasteiger partial charge on any atom is -0.423 e. The zero-order valence-electron chi connectivity index (χ0n) is 7.69. The van der Waals surface area contributed by atoms with Gasteiger partial charge in [0.25, 0.3) is 0 Å². The number of hydrogen-bond donors (Lipinski definition) is 3. The zero-order valence-corrected chi connectivity index (χ0v) is 8.51. The molecule has 5 heteroatoms. The lowest BCUT2D eigenvalue weighted by Gasteiger charge is -1.98. The van der Waals surface area contributed by atoms with Gasteiger partial charge in [-0.2, -0.15) is 0 Å². The number of aryl methyl sites for hydroxylation is 1. The Morgan fingerprint density at radius 3 is 2.71 bits per heavy atom. The van der Waals surface area contributed by atoms with Gasteiger partial charge in [0, 0.05) is 20.7 Å². The van der Waals surface area contributed by atoms with Gasteiger partial charge in [0.1, 0.15) is 0 Å². The Hall–Kier alpha value is -1.04. The Morgan fingerprint density at radius 1 is 1.36 bits per heavy atom. The van der Waals surface area contributed by atoms with Crippen LogP contribution in [0.25, 0.3) is 10.1 Å². The monoisotopic (exact) mass is 207 g/mol. The highest BCUT2D eigenvalue weighted by molar-refractivity contribution is 7.20. The Morgan fingerprint density at radius 2 is 2.07 bits per heavy atom. The first-order valence-electron chi connectivity index (χ1n) is 4.24. The van der Waals surface area contributed by atoms with E-state index in [1.54, 1.807) is 6.07 Å². The molecule has 2 rings (SSSR count). The highest BCUT2D eigenvalue weighted by Crippen LogP contribution is 2.25. The summed E-state index contributed by atoms with van der Waals surface area (Å²) in [6.07, 6.45) is 0. The zero-order chi connectivity index (χ0) is 10.3. The number of rotatable bonds is 1. The summed E-state index contributed by atoms with van der Waals surface area (Å²) >= 11 is 1.52. The number of nitrogen functional groups attached to an aromatic ring is 1. The standard InChI is InChI=1S/C9H10BNO2S/c1-5-9(10(12)13)7-3-2-6(11)4-8(7)14-5/h2-4,12-13H,11H2,1H3. The molecule has 0 saturated carbocycles. The molecule has 2 aromatic rings. The quantitative estimate of drug-likeness (QED) is 0.470. The molecule has 1 heterocycles. The van der Waals surface area contributed by atoms with E-state index in [0.29, 0.717) is 11.2 Å². The molecule has 0 aliphatic carbocycles. The molecule has 0 aliphatic rings. The van der Waals surface area contributed by atoms with Gasteiger partial charge >= 0.3 is 7.12 Å². The molecule has 72 valence electrons. The fraction of sp³-hybridized carbons (Fsp3) is 0.111.